The number of imidazole rings is 1. The van der Waals surface area contributed by atoms with Crippen LogP contribution in [-0.2, 0) is 19.5 Å². The van der Waals surface area contributed by atoms with E-state index in [1.165, 1.54) is 12.2 Å². The number of hydrogen-bond acceptors (Lipinski definition) is 4. The molecule has 0 saturated carbocycles. The van der Waals surface area contributed by atoms with E-state index in [2.05, 4.69) is 32.7 Å². The SMILES string of the molecule is COc1ccnc(CN(C)C[C@H]2CCc3nccn3C2)c1. The molecule has 0 unspecified atom stereocenters. The van der Waals surface area contributed by atoms with Crippen LogP contribution in [0.15, 0.2) is 30.7 Å². The van der Waals surface area contributed by atoms with E-state index in [0.717, 1.165) is 37.5 Å². The summed E-state index contributed by atoms with van der Waals surface area (Å²) in [5.41, 5.74) is 1.05. The molecule has 3 rings (SSSR count). The van der Waals surface area contributed by atoms with Crippen molar-refractivity contribution in [1.29, 1.82) is 0 Å². The second-order valence-electron chi connectivity index (χ2n) is 5.78. The first-order valence-corrected chi connectivity index (χ1v) is 7.42. The first kappa shape index (κ1) is 14.1. The van der Waals surface area contributed by atoms with Gasteiger partial charge in [-0.3, -0.25) is 4.98 Å². The van der Waals surface area contributed by atoms with Crippen molar-refractivity contribution in [3.05, 3.63) is 42.2 Å². The van der Waals surface area contributed by atoms with Gasteiger partial charge in [0.05, 0.1) is 12.8 Å². The van der Waals surface area contributed by atoms with E-state index in [1.54, 1.807) is 13.3 Å². The van der Waals surface area contributed by atoms with E-state index < -0.39 is 0 Å². The van der Waals surface area contributed by atoms with Crippen molar-refractivity contribution in [2.45, 2.75) is 25.9 Å². The third-order valence-electron chi connectivity index (χ3n) is 4.06. The fourth-order valence-electron chi connectivity index (χ4n) is 3.04. The number of fused-ring (bicyclic) bond motifs is 1. The zero-order valence-electron chi connectivity index (χ0n) is 12.7. The summed E-state index contributed by atoms with van der Waals surface area (Å²) in [6.07, 6.45) is 8.10. The van der Waals surface area contributed by atoms with Crippen molar-refractivity contribution < 1.29 is 4.74 Å². The van der Waals surface area contributed by atoms with Gasteiger partial charge in [0.25, 0.3) is 0 Å². The maximum atomic E-state index is 5.25. The fraction of sp³-hybridized carbons (Fsp3) is 0.500. The first-order valence-electron chi connectivity index (χ1n) is 7.42. The van der Waals surface area contributed by atoms with E-state index in [-0.39, 0.29) is 0 Å². The van der Waals surface area contributed by atoms with E-state index in [4.69, 9.17) is 4.74 Å². The maximum Gasteiger partial charge on any atom is 0.122 e. The lowest BCUT2D eigenvalue weighted by atomic mass is 9.99. The molecule has 1 aliphatic rings. The Morgan fingerprint density at radius 2 is 2.29 bits per heavy atom. The lowest BCUT2D eigenvalue weighted by molar-refractivity contribution is 0.227. The van der Waals surface area contributed by atoms with Gasteiger partial charge < -0.3 is 14.2 Å². The topological polar surface area (TPSA) is 43.2 Å². The molecule has 5 heteroatoms. The summed E-state index contributed by atoms with van der Waals surface area (Å²) in [6.45, 7) is 3.01. The number of pyridine rings is 1. The molecule has 3 heterocycles. The third kappa shape index (κ3) is 3.42. The van der Waals surface area contributed by atoms with Crippen LogP contribution in [0.1, 0.15) is 17.9 Å². The molecule has 1 atom stereocenters. The van der Waals surface area contributed by atoms with Gasteiger partial charge in [-0.05, 0) is 25.5 Å². The van der Waals surface area contributed by atoms with Gasteiger partial charge in [0.1, 0.15) is 11.6 Å². The molecular formula is C16H22N4O. The second-order valence-corrected chi connectivity index (χ2v) is 5.78. The third-order valence-corrected chi connectivity index (χ3v) is 4.06. The van der Waals surface area contributed by atoms with Gasteiger partial charge in [0.2, 0.25) is 0 Å². The zero-order chi connectivity index (χ0) is 14.7. The number of aromatic nitrogens is 3. The minimum Gasteiger partial charge on any atom is -0.497 e. The van der Waals surface area contributed by atoms with Gasteiger partial charge in [0, 0.05) is 50.7 Å². The molecule has 0 amide bonds. The van der Waals surface area contributed by atoms with Crippen LogP contribution in [0.3, 0.4) is 0 Å². The Hall–Kier alpha value is -1.88. The Morgan fingerprint density at radius 3 is 3.14 bits per heavy atom. The number of methoxy groups -OCH3 is 1. The maximum absolute atomic E-state index is 5.25. The van der Waals surface area contributed by atoms with E-state index >= 15 is 0 Å². The number of rotatable bonds is 5. The summed E-state index contributed by atoms with van der Waals surface area (Å²) >= 11 is 0. The Bertz CT molecular complexity index is 595. The summed E-state index contributed by atoms with van der Waals surface area (Å²) in [7, 11) is 3.85. The van der Waals surface area contributed by atoms with Crippen LogP contribution in [0.4, 0.5) is 0 Å². The summed E-state index contributed by atoms with van der Waals surface area (Å²) in [4.78, 5) is 11.1. The summed E-state index contributed by atoms with van der Waals surface area (Å²) in [5.74, 6) is 2.78. The number of ether oxygens (including phenoxy) is 1. The quantitative estimate of drug-likeness (QED) is 0.843. The minimum atomic E-state index is 0.683. The second kappa shape index (κ2) is 6.26. The molecule has 0 bridgehead atoms. The van der Waals surface area contributed by atoms with Crippen LogP contribution in [0, 0.1) is 5.92 Å². The molecule has 0 spiro atoms. The average Bonchev–Trinajstić information content (AvgIpc) is 2.95. The van der Waals surface area contributed by atoms with Crippen molar-refractivity contribution in [3.63, 3.8) is 0 Å². The van der Waals surface area contributed by atoms with Crippen LogP contribution in [-0.4, -0.2) is 40.1 Å². The normalized spacial score (nSPS) is 17.8. The fourth-order valence-corrected chi connectivity index (χ4v) is 3.04. The van der Waals surface area contributed by atoms with Crippen LogP contribution in [0.5, 0.6) is 5.75 Å². The number of hydrogen-bond donors (Lipinski definition) is 0. The highest BCUT2D eigenvalue weighted by atomic mass is 16.5. The Morgan fingerprint density at radius 1 is 1.38 bits per heavy atom. The van der Waals surface area contributed by atoms with Crippen molar-refractivity contribution in [1.82, 2.24) is 19.4 Å². The van der Waals surface area contributed by atoms with E-state index in [0.29, 0.717) is 5.92 Å². The Kier molecular flexibility index (Phi) is 4.20. The molecule has 2 aromatic rings. The van der Waals surface area contributed by atoms with Crippen molar-refractivity contribution in [3.8, 4) is 5.75 Å². The average molecular weight is 286 g/mol. The Labute approximate surface area is 125 Å². The summed E-state index contributed by atoms with van der Waals surface area (Å²) in [6, 6.07) is 3.89. The highest BCUT2D eigenvalue weighted by Gasteiger charge is 2.20. The molecule has 0 aliphatic carbocycles. The minimum absolute atomic E-state index is 0.683. The van der Waals surface area contributed by atoms with Gasteiger partial charge in [0.15, 0.2) is 0 Å². The monoisotopic (exact) mass is 286 g/mol. The van der Waals surface area contributed by atoms with Gasteiger partial charge in [-0.1, -0.05) is 0 Å². The summed E-state index contributed by atoms with van der Waals surface area (Å²) in [5, 5.41) is 0. The lowest BCUT2D eigenvalue weighted by Gasteiger charge is -2.28. The molecule has 21 heavy (non-hydrogen) atoms. The summed E-state index contributed by atoms with van der Waals surface area (Å²) < 4.78 is 7.53. The largest absolute Gasteiger partial charge is 0.497 e. The van der Waals surface area contributed by atoms with Crippen LogP contribution in [0.25, 0.3) is 0 Å². The molecule has 1 aliphatic heterocycles. The molecule has 0 radical (unpaired) electrons. The van der Waals surface area contributed by atoms with Gasteiger partial charge >= 0.3 is 0 Å². The predicted octanol–water partition coefficient (Wildman–Crippen LogP) is 1.98. The van der Waals surface area contributed by atoms with Crippen molar-refractivity contribution in [2.75, 3.05) is 20.7 Å². The zero-order valence-corrected chi connectivity index (χ0v) is 12.7. The molecule has 2 aromatic heterocycles. The van der Waals surface area contributed by atoms with Crippen molar-refractivity contribution >= 4 is 0 Å². The number of nitrogens with zero attached hydrogens (tertiary/aromatic N) is 4. The van der Waals surface area contributed by atoms with Gasteiger partial charge in [-0.15, -0.1) is 0 Å². The van der Waals surface area contributed by atoms with Crippen LogP contribution in [0.2, 0.25) is 0 Å². The molecule has 0 saturated heterocycles. The van der Waals surface area contributed by atoms with Crippen LogP contribution < -0.4 is 4.74 Å². The van der Waals surface area contributed by atoms with E-state index in [1.807, 2.05) is 18.3 Å². The van der Waals surface area contributed by atoms with Gasteiger partial charge in [-0.2, -0.15) is 0 Å². The predicted molar refractivity (Wildman–Crippen MR) is 81.2 cm³/mol. The first-order chi connectivity index (χ1) is 10.2. The molecule has 5 nitrogen and oxygen atoms in total. The number of aryl methyl sites for hydroxylation is 1. The van der Waals surface area contributed by atoms with Crippen molar-refractivity contribution in [2.24, 2.45) is 5.92 Å². The molecule has 0 fully saturated rings. The standard InChI is InChI=1S/C16H22N4O/c1-19(12-14-9-15(21-2)5-6-17-14)10-13-3-4-16-18-7-8-20(16)11-13/h5-9,13H,3-4,10-12H2,1-2H3/t13-/m1/s1. The Balaban J connectivity index is 1.56. The van der Waals surface area contributed by atoms with E-state index in [9.17, 15) is 0 Å². The highest BCUT2D eigenvalue weighted by Crippen LogP contribution is 2.20. The molecular weight excluding hydrogens is 264 g/mol. The highest BCUT2D eigenvalue weighted by molar-refractivity contribution is 5.22. The van der Waals surface area contributed by atoms with Crippen LogP contribution >= 0.6 is 0 Å². The lowest BCUT2D eigenvalue weighted by Crippen LogP contribution is -2.31. The molecule has 0 N–H and O–H groups in total. The molecule has 112 valence electrons. The smallest absolute Gasteiger partial charge is 0.122 e. The van der Waals surface area contributed by atoms with Gasteiger partial charge in [-0.25, -0.2) is 4.98 Å². The molecule has 0 aromatic carbocycles.